The molecule has 0 aliphatic carbocycles. The minimum atomic E-state index is -0.981. The highest BCUT2D eigenvalue weighted by Crippen LogP contribution is 2.37. The van der Waals surface area contributed by atoms with Crippen molar-refractivity contribution < 1.29 is 9.53 Å². The van der Waals surface area contributed by atoms with Crippen molar-refractivity contribution in [3.63, 3.8) is 0 Å². The van der Waals surface area contributed by atoms with Crippen molar-refractivity contribution >= 4 is 56.9 Å². The zero-order valence-corrected chi connectivity index (χ0v) is 19.2. The molecule has 1 amide bonds. The number of hydrogen-bond acceptors (Lipinski definition) is 8. The van der Waals surface area contributed by atoms with Crippen LogP contribution in [0, 0.1) is 5.92 Å². The standard InChI is InChI=1S/C19H22BrN7O2S/c1-10-6-23-13(16(20)19(10,21)29-3)7-27-17-15-12(26-27)4-11(5-14(28)22-2)8-30-18(15)25-9-24-17/h4,6,9-10H,5,7-8,21H2,1-3H3,(H,22,28). The number of allylic oxidation sites excluding steroid dienone is 1. The fourth-order valence-electron chi connectivity index (χ4n) is 3.44. The summed E-state index contributed by atoms with van der Waals surface area (Å²) < 4.78 is 8.04. The highest BCUT2D eigenvalue weighted by molar-refractivity contribution is 9.11. The summed E-state index contributed by atoms with van der Waals surface area (Å²) >= 11 is 5.17. The van der Waals surface area contributed by atoms with Gasteiger partial charge in [-0.25, -0.2) is 14.6 Å². The Bertz CT molecular complexity index is 1110. The number of aliphatic imine (C=N–C) groups is 1. The molecule has 2 aliphatic heterocycles. The molecule has 4 rings (SSSR count). The molecule has 0 saturated carbocycles. The number of nitrogens with one attached hydrogen (secondary N) is 1. The van der Waals surface area contributed by atoms with E-state index in [4.69, 9.17) is 15.6 Å². The molecule has 2 aromatic rings. The molecular formula is C19H22BrN7O2S. The quantitative estimate of drug-likeness (QED) is 0.484. The number of amides is 1. The van der Waals surface area contributed by atoms with E-state index in [2.05, 4.69) is 36.2 Å². The molecule has 158 valence electrons. The Morgan fingerprint density at radius 3 is 3.03 bits per heavy atom. The molecular weight excluding hydrogens is 470 g/mol. The van der Waals surface area contributed by atoms with Crippen molar-refractivity contribution in [3.05, 3.63) is 27.8 Å². The average molecular weight is 492 g/mol. The molecule has 0 fully saturated rings. The number of thioether (sulfide) groups is 1. The Balaban J connectivity index is 1.76. The van der Waals surface area contributed by atoms with Gasteiger partial charge in [0.05, 0.1) is 27.8 Å². The van der Waals surface area contributed by atoms with Crippen LogP contribution in [0.25, 0.3) is 17.1 Å². The summed E-state index contributed by atoms with van der Waals surface area (Å²) in [6, 6.07) is 0. The summed E-state index contributed by atoms with van der Waals surface area (Å²) in [6.45, 7) is 2.32. The lowest BCUT2D eigenvalue weighted by atomic mass is 9.96. The van der Waals surface area contributed by atoms with E-state index in [0.717, 1.165) is 21.7 Å². The van der Waals surface area contributed by atoms with Crippen molar-refractivity contribution in [2.45, 2.75) is 30.6 Å². The Morgan fingerprint density at radius 2 is 2.30 bits per heavy atom. The number of halogens is 1. The Hall–Kier alpha value is -2.08. The lowest BCUT2D eigenvalue weighted by Gasteiger charge is -2.35. The number of hydrogen-bond donors (Lipinski definition) is 2. The predicted molar refractivity (Wildman–Crippen MR) is 120 cm³/mol. The van der Waals surface area contributed by atoms with E-state index in [1.807, 2.05) is 13.0 Å². The number of nitrogens with two attached hydrogens (primary N) is 1. The summed E-state index contributed by atoms with van der Waals surface area (Å²) in [6.07, 6.45) is 5.60. The van der Waals surface area contributed by atoms with Gasteiger partial charge in [0.2, 0.25) is 5.91 Å². The summed E-state index contributed by atoms with van der Waals surface area (Å²) in [5.74, 6) is 0.558. The Kier molecular flexibility index (Phi) is 5.80. The largest absolute Gasteiger partial charge is 0.359 e. The van der Waals surface area contributed by atoms with Crippen LogP contribution in [-0.4, -0.2) is 57.5 Å². The van der Waals surface area contributed by atoms with Gasteiger partial charge >= 0.3 is 0 Å². The number of methoxy groups -OCH3 is 1. The van der Waals surface area contributed by atoms with E-state index in [1.54, 1.807) is 36.8 Å². The van der Waals surface area contributed by atoms with Crippen LogP contribution in [0.2, 0.25) is 0 Å². The molecule has 0 spiro atoms. The summed E-state index contributed by atoms with van der Waals surface area (Å²) in [4.78, 5) is 25.3. The zero-order chi connectivity index (χ0) is 21.5. The number of aromatic nitrogens is 4. The molecule has 0 saturated heterocycles. The van der Waals surface area contributed by atoms with Gasteiger partial charge in [0.15, 0.2) is 11.4 Å². The number of carbonyl (C=O) groups is 1. The fraction of sp³-hybridized carbons (Fsp3) is 0.421. The van der Waals surface area contributed by atoms with Crippen LogP contribution in [0.1, 0.15) is 19.0 Å². The van der Waals surface area contributed by atoms with Crippen LogP contribution < -0.4 is 11.1 Å². The number of carbonyl (C=O) groups excluding carboxylic acids is 1. The molecule has 0 aromatic carbocycles. The van der Waals surface area contributed by atoms with Crippen molar-refractivity contribution in [3.8, 4) is 0 Å². The van der Waals surface area contributed by atoms with Gasteiger partial charge in [-0.05, 0) is 27.6 Å². The molecule has 4 heterocycles. The monoisotopic (exact) mass is 491 g/mol. The van der Waals surface area contributed by atoms with E-state index >= 15 is 0 Å². The minimum absolute atomic E-state index is 0.0341. The van der Waals surface area contributed by atoms with E-state index < -0.39 is 5.72 Å². The van der Waals surface area contributed by atoms with E-state index in [9.17, 15) is 4.79 Å². The molecule has 9 nitrogen and oxygen atoms in total. The van der Waals surface area contributed by atoms with Gasteiger partial charge in [0.1, 0.15) is 11.4 Å². The molecule has 11 heteroatoms. The first-order chi connectivity index (χ1) is 14.4. The fourth-order valence-corrected chi connectivity index (χ4v) is 5.16. The normalized spacial score (nSPS) is 23.5. The van der Waals surface area contributed by atoms with Gasteiger partial charge < -0.3 is 10.1 Å². The number of rotatable bonds is 5. The molecule has 30 heavy (non-hydrogen) atoms. The first-order valence-electron chi connectivity index (χ1n) is 9.39. The van der Waals surface area contributed by atoms with Crippen molar-refractivity contribution in [2.75, 3.05) is 19.9 Å². The summed E-state index contributed by atoms with van der Waals surface area (Å²) in [5.41, 5.74) is 8.62. The molecule has 2 atom stereocenters. The van der Waals surface area contributed by atoms with Gasteiger partial charge in [-0.3, -0.25) is 15.5 Å². The van der Waals surface area contributed by atoms with Gasteiger partial charge in [-0.15, -0.1) is 11.8 Å². The topological polar surface area (TPSA) is 120 Å². The molecule has 0 bridgehead atoms. The Labute approximate surface area is 186 Å². The lowest BCUT2D eigenvalue weighted by molar-refractivity contribution is -0.119. The third kappa shape index (κ3) is 3.59. The second kappa shape index (κ2) is 8.22. The number of ether oxygens (including phenoxy) is 1. The average Bonchev–Trinajstić information content (AvgIpc) is 2.99. The molecule has 2 aliphatic rings. The SMILES string of the molecule is CNC(=O)CC1=Cc2nn(CC3=C(Br)C(N)(OC)C(C)C=N3)c3ncnc(c23)SC1. The van der Waals surface area contributed by atoms with E-state index in [1.165, 1.54) is 6.33 Å². The Morgan fingerprint density at radius 1 is 1.50 bits per heavy atom. The predicted octanol–water partition coefficient (Wildman–Crippen LogP) is 2.08. The van der Waals surface area contributed by atoms with Crippen molar-refractivity contribution in [2.24, 2.45) is 16.6 Å². The van der Waals surface area contributed by atoms with Gasteiger partial charge in [-0.2, -0.15) is 5.10 Å². The van der Waals surface area contributed by atoms with Crippen LogP contribution in [0.15, 0.2) is 32.1 Å². The van der Waals surface area contributed by atoms with E-state index in [-0.39, 0.29) is 11.8 Å². The van der Waals surface area contributed by atoms with E-state index in [0.29, 0.717) is 34.5 Å². The molecule has 3 N–H and O–H groups in total. The van der Waals surface area contributed by atoms with Gasteiger partial charge in [0.25, 0.3) is 0 Å². The molecule has 0 radical (unpaired) electrons. The smallest absolute Gasteiger partial charge is 0.223 e. The first kappa shape index (κ1) is 21.2. The minimum Gasteiger partial charge on any atom is -0.359 e. The second-order valence-electron chi connectivity index (χ2n) is 7.19. The van der Waals surface area contributed by atoms with Crippen LogP contribution in [-0.2, 0) is 16.1 Å². The second-order valence-corrected chi connectivity index (χ2v) is 8.94. The van der Waals surface area contributed by atoms with Crippen LogP contribution in [0.5, 0.6) is 0 Å². The summed E-state index contributed by atoms with van der Waals surface area (Å²) in [7, 11) is 3.21. The third-order valence-corrected chi connectivity index (χ3v) is 7.46. The van der Waals surface area contributed by atoms with Crippen LogP contribution in [0.4, 0.5) is 0 Å². The molecule has 2 aromatic heterocycles. The first-order valence-corrected chi connectivity index (χ1v) is 11.2. The molecule has 2 unspecified atom stereocenters. The van der Waals surface area contributed by atoms with Gasteiger partial charge in [0, 0.05) is 38.5 Å². The number of nitrogens with zero attached hydrogens (tertiary/aromatic N) is 5. The highest BCUT2D eigenvalue weighted by atomic mass is 79.9. The maximum absolute atomic E-state index is 11.9. The lowest BCUT2D eigenvalue weighted by Crippen LogP contribution is -2.50. The van der Waals surface area contributed by atoms with Gasteiger partial charge in [-0.1, -0.05) is 6.92 Å². The summed E-state index contributed by atoms with van der Waals surface area (Å²) in [5, 5.41) is 9.16. The van der Waals surface area contributed by atoms with Crippen molar-refractivity contribution in [1.29, 1.82) is 0 Å². The third-order valence-electron chi connectivity index (χ3n) is 5.29. The zero-order valence-electron chi connectivity index (χ0n) is 16.8. The maximum Gasteiger partial charge on any atom is 0.223 e. The van der Waals surface area contributed by atoms with Crippen LogP contribution in [0.3, 0.4) is 0 Å². The van der Waals surface area contributed by atoms with Crippen molar-refractivity contribution in [1.82, 2.24) is 25.1 Å². The maximum atomic E-state index is 11.9. The highest BCUT2D eigenvalue weighted by Gasteiger charge is 2.39. The van der Waals surface area contributed by atoms with Crippen LogP contribution >= 0.6 is 27.7 Å².